The largest absolute Gasteiger partial charge is 0.497 e. The molecule has 1 aliphatic rings. The monoisotopic (exact) mass is 369 g/mol. The van der Waals surface area contributed by atoms with Crippen molar-refractivity contribution in [2.45, 2.75) is 31.9 Å². The zero-order valence-electron chi connectivity index (χ0n) is 16.0. The fourth-order valence-electron chi connectivity index (χ4n) is 3.31. The highest BCUT2D eigenvalue weighted by Crippen LogP contribution is 2.19. The summed E-state index contributed by atoms with van der Waals surface area (Å²) >= 11 is 0. The van der Waals surface area contributed by atoms with Gasteiger partial charge in [0, 0.05) is 19.7 Å². The molecule has 27 heavy (non-hydrogen) atoms. The summed E-state index contributed by atoms with van der Waals surface area (Å²) in [6, 6.07) is 15.5. The number of hydrogen-bond donors (Lipinski definition) is 0. The molecule has 1 amide bonds. The number of carbonyl (C=O) groups excluding carboxylic acids is 1. The molecule has 144 valence electrons. The van der Waals surface area contributed by atoms with Gasteiger partial charge < -0.3 is 19.1 Å². The Balaban J connectivity index is 1.71. The third-order valence-electron chi connectivity index (χ3n) is 4.82. The maximum absolute atomic E-state index is 13.0. The van der Waals surface area contributed by atoms with Crippen molar-refractivity contribution >= 4 is 5.91 Å². The molecule has 1 aliphatic heterocycles. The molecule has 0 aliphatic carbocycles. The highest BCUT2D eigenvalue weighted by atomic mass is 16.5. The SMILES string of the molecule is COc1ccc(CC(=O)N(Cc2cccc(OC)c2)CC2CCCO2)cc1. The van der Waals surface area contributed by atoms with Crippen molar-refractivity contribution in [1.29, 1.82) is 0 Å². The summed E-state index contributed by atoms with van der Waals surface area (Å²) in [6.07, 6.45) is 2.55. The molecule has 5 heteroatoms. The first-order valence-electron chi connectivity index (χ1n) is 9.33. The minimum Gasteiger partial charge on any atom is -0.497 e. The number of carbonyl (C=O) groups is 1. The summed E-state index contributed by atoms with van der Waals surface area (Å²) in [5.41, 5.74) is 2.03. The Bertz CT molecular complexity index is 738. The zero-order valence-corrected chi connectivity index (χ0v) is 16.0. The second-order valence-electron chi connectivity index (χ2n) is 6.79. The first-order chi connectivity index (χ1) is 13.2. The van der Waals surface area contributed by atoms with E-state index < -0.39 is 0 Å². The van der Waals surface area contributed by atoms with Crippen LogP contribution in [-0.4, -0.2) is 44.3 Å². The first kappa shape index (κ1) is 19.2. The molecular weight excluding hydrogens is 342 g/mol. The maximum atomic E-state index is 13.0. The van der Waals surface area contributed by atoms with E-state index in [9.17, 15) is 4.79 Å². The topological polar surface area (TPSA) is 48.0 Å². The molecule has 0 saturated carbocycles. The number of amides is 1. The minimum absolute atomic E-state index is 0.0958. The van der Waals surface area contributed by atoms with Gasteiger partial charge in [0.1, 0.15) is 11.5 Å². The molecule has 0 radical (unpaired) electrons. The van der Waals surface area contributed by atoms with Crippen LogP contribution in [0.5, 0.6) is 11.5 Å². The van der Waals surface area contributed by atoms with Gasteiger partial charge in [-0.25, -0.2) is 0 Å². The third-order valence-corrected chi connectivity index (χ3v) is 4.82. The highest BCUT2D eigenvalue weighted by molar-refractivity contribution is 5.79. The van der Waals surface area contributed by atoms with Gasteiger partial charge in [-0.2, -0.15) is 0 Å². The van der Waals surface area contributed by atoms with Gasteiger partial charge in [0.05, 0.1) is 26.7 Å². The van der Waals surface area contributed by atoms with Crippen molar-refractivity contribution < 1.29 is 19.0 Å². The highest BCUT2D eigenvalue weighted by Gasteiger charge is 2.23. The number of rotatable bonds is 8. The van der Waals surface area contributed by atoms with E-state index in [4.69, 9.17) is 14.2 Å². The fraction of sp³-hybridized carbons (Fsp3) is 0.409. The number of hydrogen-bond acceptors (Lipinski definition) is 4. The molecule has 0 aromatic heterocycles. The summed E-state index contributed by atoms with van der Waals surface area (Å²) in [6.45, 7) is 1.95. The standard InChI is InChI=1S/C22H27NO4/c1-25-19-10-8-17(9-11-19)14-22(24)23(16-21-7-4-12-27-21)15-18-5-3-6-20(13-18)26-2/h3,5-6,8-11,13,21H,4,7,12,14-16H2,1-2H3. The van der Waals surface area contributed by atoms with Gasteiger partial charge in [-0.05, 0) is 48.2 Å². The average molecular weight is 369 g/mol. The molecule has 1 unspecified atom stereocenters. The van der Waals surface area contributed by atoms with Gasteiger partial charge >= 0.3 is 0 Å². The Morgan fingerprint density at radius 3 is 2.52 bits per heavy atom. The molecule has 0 N–H and O–H groups in total. The third kappa shape index (κ3) is 5.47. The van der Waals surface area contributed by atoms with Crippen LogP contribution >= 0.6 is 0 Å². The predicted molar refractivity (Wildman–Crippen MR) is 104 cm³/mol. The molecule has 2 aromatic carbocycles. The minimum atomic E-state index is 0.0958. The summed E-state index contributed by atoms with van der Waals surface area (Å²) in [4.78, 5) is 14.9. The van der Waals surface area contributed by atoms with Gasteiger partial charge in [-0.1, -0.05) is 24.3 Å². The van der Waals surface area contributed by atoms with Crippen LogP contribution in [0.4, 0.5) is 0 Å². The Hall–Kier alpha value is -2.53. The predicted octanol–water partition coefficient (Wildman–Crippen LogP) is 3.45. The smallest absolute Gasteiger partial charge is 0.227 e. The van der Waals surface area contributed by atoms with Gasteiger partial charge in [0.15, 0.2) is 0 Å². The van der Waals surface area contributed by atoms with Gasteiger partial charge in [0.25, 0.3) is 0 Å². The van der Waals surface area contributed by atoms with Crippen LogP contribution in [-0.2, 0) is 22.5 Å². The summed E-state index contributed by atoms with van der Waals surface area (Å²) in [5, 5.41) is 0. The van der Waals surface area contributed by atoms with Crippen molar-refractivity contribution in [3.8, 4) is 11.5 Å². The quantitative estimate of drug-likeness (QED) is 0.715. The molecule has 0 bridgehead atoms. The van der Waals surface area contributed by atoms with E-state index in [0.717, 1.165) is 42.1 Å². The molecule has 1 fully saturated rings. The number of nitrogens with zero attached hydrogens (tertiary/aromatic N) is 1. The molecule has 3 rings (SSSR count). The molecule has 1 atom stereocenters. The van der Waals surface area contributed by atoms with Crippen LogP contribution in [0.2, 0.25) is 0 Å². The van der Waals surface area contributed by atoms with Crippen molar-refractivity contribution in [2.24, 2.45) is 0 Å². The average Bonchev–Trinajstić information content (AvgIpc) is 3.21. The molecule has 1 heterocycles. The number of methoxy groups -OCH3 is 2. The lowest BCUT2D eigenvalue weighted by Crippen LogP contribution is -2.37. The zero-order chi connectivity index (χ0) is 19.1. The van der Waals surface area contributed by atoms with E-state index in [1.165, 1.54) is 0 Å². The Morgan fingerprint density at radius 1 is 1.07 bits per heavy atom. The van der Waals surface area contributed by atoms with E-state index >= 15 is 0 Å². The van der Waals surface area contributed by atoms with E-state index in [1.54, 1.807) is 14.2 Å². The second kappa shape index (κ2) is 9.42. The first-order valence-corrected chi connectivity index (χ1v) is 9.33. The van der Waals surface area contributed by atoms with Crippen LogP contribution in [0.3, 0.4) is 0 Å². The molecule has 5 nitrogen and oxygen atoms in total. The van der Waals surface area contributed by atoms with Crippen LogP contribution < -0.4 is 9.47 Å². The fourth-order valence-corrected chi connectivity index (χ4v) is 3.31. The summed E-state index contributed by atoms with van der Waals surface area (Å²) < 4.78 is 16.3. The molecule has 0 spiro atoms. The molecular formula is C22H27NO4. The second-order valence-corrected chi connectivity index (χ2v) is 6.79. The van der Waals surface area contributed by atoms with E-state index in [1.807, 2.05) is 53.4 Å². The van der Waals surface area contributed by atoms with Crippen LogP contribution in [0.1, 0.15) is 24.0 Å². The lowest BCUT2D eigenvalue weighted by molar-refractivity contribution is -0.132. The summed E-state index contributed by atoms with van der Waals surface area (Å²) in [5.74, 6) is 1.68. The van der Waals surface area contributed by atoms with Gasteiger partial charge in [-0.15, -0.1) is 0 Å². The van der Waals surface area contributed by atoms with Crippen LogP contribution in [0, 0.1) is 0 Å². The number of benzene rings is 2. The van der Waals surface area contributed by atoms with Crippen molar-refractivity contribution in [1.82, 2.24) is 4.90 Å². The molecule has 1 saturated heterocycles. The van der Waals surface area contributed by atoms with Crippen LogP contribution in [0.15, 0.2) is 48.5 Å². The Labute approximate surface area is 160 Å². The Kier molecular flexibility index (Phi) is 6.71. The normalized spacial score (nSPS) is 16.1. The summed E-state index contributed by atoms with van der Waals surface area (Å²) in [7, 11) is 3.29. The van der Waals surface area contributed by atoms with Crippen LogP contribution in [0.25, 0.3) is 0 Å². The van der Waals surface area contributed by atoms with E-state index in [2.05, 4.69) is 0 Å². The van der Waals surface area contributed by atoms with E-state index in [0.29, 0.717) is 19.5 Å². The van der Waals surface area contributed by atoms with E-state index in [-0.39, 0.29) is 12.0 Å². The van der Waals surface area contributed by atoms with Crippen molar-refractivity contribution in [3.63, 3.8) is 0 Å². The lowest BCUT2D eigenvalue weighted by Gasteiger charge is -2.26. The van der Waals surface area contributed by atoms with Crippen molar-refractivity contribution in [3.05, 3.63) is 59.7 Å². The molecule has 2 aromatic rings. The van der Waals surface area contributed by atoms with Crippen molar-refractivity contribution in [2.75, 3.05) is 27.4 Å². The lowest BCUT2D eigenvalue weighted by atomic mass is 10.1. The van der Waals surface area contributed by atoms with Gasteiger partial charge in [0.2, 0.25) is 5.91 Å². The Morgan fingerprint density at radius 2 is 1.85 bits per heavy atom. The maximum Gasteiger partial charge on any atom is 0.227 e. The van der Waals surface area contributed by atoms with Gasteiger partial charge in [-0.3, -0.25) is 4.79 Å². The number of ether oxygens (including phenoxy) is 3.